The van der Waals surface area contributed by atoms with Crippen LogP contribution in [0.4, 0.5) is 4.79 Å². The molecule has 2 aliphatic heterocycles. The minimum atomic E-state index is -0.179. The van der Waals surface area contributed by atoms with Gasteiger partial charge in [0.05, 0.1) is 6.54 Å². The number of benzene rings is 2. The van der Waals surface area contributed by atoms with E-state index in [1.54, 1.807) is 4.90 Å². The van der Waals surface area contributed by atoms with Crippen LogP contribution in [0.15, 0.2) is 54.6 Å². The lowest BCUT2D eigenvalue weighted by Gasteiger charge is -2.29. The summed E-state index contributed by atoms with van der Waals surface area (Å²) in [4.78, 5) is 28.9. The van der Waals surface area contributed by atoms with E-state index in [1.807, 2.05) is 35.2 Å². The van der Waals surface area contributed by atoms with Gasteiger partial charge >= 0.3 is 6.03 Å². The van der Waals surface area contributed by atoms with Crippen molar-refractivity contribution in [3.8, 4) is 0 Å². The van der Waals surface area contributed by atoms with Crippen molar-refractivity contribution in [2.24, 2.45) is 11.7 Å². The second kappa shape index (κ2) is 9.96. The summed E-state index contributed by atoms with van der Waals surface area (Å²) in [5, 5.41) is 2.81. The summed E-state index contributed by atoms with van der Waals surface area (Å²) < 4.78 is 0. The first-order chi connectivity index (χ1) is 14.2. The third-order valence-corrected chi connectivity index (χ3v) is 6.13. The Hall–Kier alpha value is -2.57. The third kappa shape index (κ3) is 4.77. The second-order valence-electron chi connectivity index (χ2n) is 7.91. The van der Waals surface area contributed by atoms with Crippen molar-refractivity contribution >= 4 is 24.3 Å². The maximum Gasteiger partial charge on any atom is 0.318 e. The minimum Gasteiger partial charge on any atom is -0.340 e. The van der Waals surface area contributed by atoms with Gasteiger partial charge < -0.3 is 20.9 Å². The summed E-state index contributed by atoms with van der Waals surface area (Å²) >= 11 is 0. The average Bonchev–Trinajstić information content (AvgIpc) is 3.22. The zero-order valence-electron chi connectivity index (χ0n) is 17.0. The molecule has 160 valence electrons. The van der Waals surface area contributed by atoms with Crippen LogP contribution in [0.25, 0.3) is 0 Å². The monoisotopic (exact) mass is 428 g/mol. The molecule has 0 radical (unpaired) electrons. The zero-order chi connectivity index (χ0) is 20.2. The molecule has 3 N–H and O–H groups in total. The predicted octanol–water partition coefficient (Wildman–Crippen LogP) is 2.38. The lowest BCUT2D eigenvalue weighted by molar-refractivity contribution is -0.129. The molecular weight excluding hydrogens is 400 g/mol. The fourth-order valence-corrected chi connectivity index (χ4v) is 4.44. The summed E-state index contributed by atoms with van der Waals surface area (Å²) in [5.41, 5.74) is 9.66. The van der Waals surface area contributed by atoms with Crippen LogP contribution >= 0.6 is 12.4 Å². The van der Waals surface area contributed by atoms with Crippen LogP contribution < -0.4 is 11.1 Å². The number of fused-ring (bicyclic) bond motifs is 1. The van der Waals surface area contributed by atoms with E-state index in [9.17, 15) is 9.59 Å². The standard InChI is InChI=1S/C23H28N4O2.ClH/c24-12-20-15-27(16-21(20)18-7-2-1-3-8-18)22(28)13-25-23(29)26-11-10-17-6-4-5-9-19(17)14-26;/h1-9,20-21H,10-16,24H2,(H,25,29);1H/t20-,21+;/m1./s1. The fourth-order valence-electron chi connectivity index (χ4n) is 4.44. The van der Waals surface area contributed by atoms with E-state index in [0.29, 0.717) is 32.7 Å². The number of nitrogens with two attached hydrogens (primary N) is 1. The molecular formula is C23H29ClN4O2. The van der Waals surface area contributed by atoms with Gasteiger partial charge in [-0.2, -0.15) is 0 Å². The fraction of sp³-hybridized carbons (Fsp3) is 0.391. The highest BCUT2D eigenvalue weighted by molar-refractivity contribution is 5.85. The largest absolute Gasteiger partial charge is 0.340 e. The molecule has 2 aromatic rings. The molecule has 2 aliphatic rings. The van der Waals surface area contributed by atoms with Crippen LogP contribution in [-0.2, 0) is 17.8 Å². The molecule has 0 spiro atoms. The number of halogens is 1. The van der Waals surface area contributed by atoms with Gasteiger partial charge in [-0.25, -0.2) is 4.79 Å². The molecule has 2 atom stereocenters. The molecule has 2 aromatic carbocycles. The van der Waals surface area contributed by atoms with Gasteiger partial charge in [0.15, 0.2) is 0 Å². The van der Waals surface area contributed by atoms with Gasteiger partial charge in [-0.1, -0.05) is 54.6 Å². The third-order valence-electron chi connectivity index (χ3n) is 6.13. The Morgan fingerprint density at radius 2 is 1.67 bits per heavy atom. The van der Waals surface area contributed by atoms with Crippen LogP contribution in [0.1, 0.15) is 22.6 Å². The van der Waals surface area contributed by atoms with Crippen LogP contribution in [0, 0.1) is 5.92 Å². The Morgan fingerprint density at radius 3 is 2.40 bits per heavy atom. The highest BCUT2D eigenvalue weighted by atomic mass is 35.5. The SMILES string of the molecule is Cl.NC[C@@H]1CN(C(=O)CNC(=O)N2CCc3ccccc3C2)C[C@H]1c1ccccc1. The maximum absolute atomic E-state index is 12.7. The first-order valence-corrected chi connectivity index (χ1v) is 10.3. The number of urea groups is 1. The smallest absolute Gasteiger partial charge is 0.318 e. The van der Waals surface area contributed by atoms with Crippen LogP contribution in [0.2, 0.25) is 0 Å². The Balaban J connectivity index is 0.00000256. The number of nitrogens with zero attached hydrogens (tertiary/aromatic N) is 2. The summed E-state index contributed by atoms with van der Waals surface area (Å²) in [6.07, 6.45) is 0.848. The first kappa shape index (κ1) is 22.1. The van der Waals surface area contributed by atoms with Crippen molar-refractivity contribution in [2.75, 3.05) is 32.7 Å². The van der Waals surface area contributed by atoms with Crippen molar-refractivity contribution in [2.45, 2.75) is 18.9 Å². The molecule has 2 heterocycles. The summed E-state index contributed by atoms with van der Waals surface area (Å²) in [5.74, 6) is 0.447. The summed E-state index contributed by atoms with van der Waals surface area (Å²) in [7, 11) is 0. The second-order valence-corrected chi connectivity index (χ2v) is 7.91. The highest BCUT2D eigenvalue weighted by Crippen LogP contribution is 2.31. The van der Waals surface area contributed by atoms with E-state index in [0.717, 1.165) is 6.42 Å². The van der Waals surface area contributed by atoms with E-state index in [-0.39, 0.29) is 42.7 Å². The van der Waals surface area contributed by atoms with E-state index < -0.39 is 0 Å². The minimum absolute atomic E-state index is 0. The van der Waals surface area contributed by atoms with E-state index >= 15 is 0 Å². The molecule has 3 amide bonds. The van der Waals surface area contributed by atoms with Gasteiger partial charge in [0.25, 0.3) is 0 Å². The number of rotatable bonds is 4. The highest BCUT2D eigenvalue weighted by Gasteiger charge is 2.35. The molecule has 0 unspecified atom stereocenters. The quantitative estimate of drug-likeness (QED) is 0.784. The molecule has 30 heavy (non-hydrogen) atoms. The van der Waals surface area contributed by atoms with E-state index in [2.05, 4.69) is 29.6 Å². The number of likely N-dealkylation sites (tertiary alicyclic amines) is 1. The van der Waals surface area contributed by atoms with Crippen molar-refractivity contribution in [3.05, 3.63) is 71.3 Å². The Morgan fingerprint density at radius 1 is 0.967 bits per heavy atom. The van der Waals surface area contributed by atoms with Crippen LogP contribution in [0.5, 0.6) is 0 Å². The Bertz CT molecular complexity index is 877. The predicted molar refractivity (Wildman–Crippen MR) is 120 cm³/mol. The maximum atomic E-state index is 12.7. The van der Waals surface area contributed by atoms with E-state index in [1.165, 1.54) is 16.7 Å². The number of hydrogen-bond donors (Lipinski definition) is 2. The van der Waals surface area contributed by atoms with Crippen LogP contribution in [0.3, 0.4) is 0 Å². The summed E-state index contributed by atoms with van der Waals surface area (Å²) in [6, 6.07) is 18.2. The molecule has 6 nitrogen and oxygen atoms in total. The van der Waals surface area contributed by atoms with Gasteiger partial charge in [-0.15, -0.1) is 12.4 Å². The van der Waals surface area contributed by atoms with Gasteiger partial charge in [0.2, 0.25) is 5.91 Å². The lowest BCUT2D eigenvalue weighted by atomic mass is 9.89. The molecule has 0 aliphatic carbocycles. The number of carbonyl (C=O) groups is 2. The Kier molecular flexibility index (Phi) is 7.34. The Labute approximate surface area is 183 Å². The lowest BCUT2D eigenvalue weighted by Crippen LogP contribution is -2.46. The van der Waals surface area contributed by atoms with Crippen molar-refractivity contribution < 1.29 is 9.59 Å². The molecule has 0 aromatic heterocycles. The van der Waals surface area contributed by atoms with Crippen molar-refractivity contribution in [1.82, 2.24) is 15.1 Å². The average molecular weight is 429 g/mol. The number of nitrogens with one attached hydrogen (secondary N) is 1. The van der Waals surface area contributed by atoms with Gasteiger partial charge in [0, 0.05) is 32.1 Å². The number of hydrogen-bond acceptors (Lipinski definition) is 3. The van der Waals surface area contributed by atoms with Gasteiger partial charge in [0.1, 0.15) is 0 Å². The van der Waals surface area contributed by atoms with Crippen LogP contribution in [-0.4, -0.2) is 54.5 Å². The summed E-state index contributed by atoms with van der Waals surface area (Å²) in [6.45, 7) is 3.12. The molecule has 7 heteroatoms. The van der Waals surface area contributed by atoms with Crippen molar-refractivity contribution in [3.63, 3.8) is 0 Å². The first-order valence-electron chi connectivity index (χ1n) is 10.3. The number of amides is 3. The molecule has 1 saturated heterocycles. The van der Waals surface area contributed by atoms with Crippen molar-refractivity contribution in [1.29, 1.82) is 0 Å². The van der Waals surface area contributed by atoms with E-state index in [4.69, 9.17) is 5.73 Å². The van der Waals surface area contributed by atoms with Gasteiger partial charge in [-0.05, 0) is 35.6 Å². The number of carbonyl (C=O) groups excluding carboxylic acids is 2. The molecule has 0 bridgehead atoms. The molecule has 4 rings (SSSR count). The zero-order valence-corrected chi connectivity index (χ0v) is 17.8. The van der Waals surface area contributed by atoms with Gasteiger partial charge in [-0.3, -0.25) is 4.79 Å². The molecule has 0 saturated carbocycles. The topological polar surface area (TPSA) is 78.7 Å². The normalized spacial score (nSPS) is 20.3. The molecule has 1 fully saturated rings.